The van der Waals surface area contributed by atoms with Crippen LogP contribution in [0.4, 0.5) is 14.5 Å². The number of carbonyl (C=O) groups excluding carboxylic acids is 1. The van der Waals surface area contributed by atoms with E-state index in [0.29, 0.717) is 0 Å². The molecule has 0 heterocycles. The summed E-state index contributed by atoms with van der Waals surface area (Å²) in [6.45, 7) is 1.24. The van der Waals surface area contributed by atoms with Crippen molar-refractivity contribution in [3.05, 3.63) is 53.1 Å². The second kappa shape index (κ2) is 8.64. The maximum Gasteiger partial charge on any atom is 0.247 e. The summed E-state index contributed by atoms with van der Waals surface area (Å²) in [7, 11) is -2.99. The van der Waals surface area contributed by atoms with Crippen LogP contribution in [0.15, 0.2) is 41.3 Å². The molecule has 0 aliphatic carbocycles. The standard InChI is InChI=1S/C17H17ClF2N2O4S/c1-3-26-14-8-7-11(18)9-15(14)27(24,25)22(2)10-16(23)21-17-12(19)5-4-6-13(17)20/h4-9H,3,10H2,1-2H3,(H,21,23). The number of nitrogens with zero attached hydrogens (tertiary/aromatic N) is 1. The van der Waals surface area contributed by atoms with E-state index in [4.69, 9.17) is 16.3 Å². The van der Waals surface area contributed by atoms with Gasteiger partial charge in [0.25, 0.3) is 0 Å². The lowest BCUT2D eigenvalue weighted by Gasteiger charge is -2.19. The Morgan fingerprint density at radius 3 is 2.44 bits per heavy atom. The van der Waals surface area contributed by atoms with E-state index >= 15 is 0 Å². The molecule has 2 aromatic carbocycles. The molecule has 146 valence electrons. The van der Waals surface area contributed by atoms with Crippen LogP contribution in [0.1, 0.15) is 6.92 Å². The molecule has 27 heavy (non-hydrogen) atoms. The lowest BCUT2D eigenvalue weighted by Crippen LogP contribution is -2.35. The van der Waals surface area contributed by atoms with E-state index in [-0.39, 0.29) is 22.3 Å². The van der Waals surface area contributed by atoms with Gasteiger partial charge < -0.3 is 10.1 Å². The molecule has 0 atom stereocenters. The zero-order valence-electron chi connectivity index (χ0n) is 14.5. The molecule has 0 aliphatic heterocycles. The molecule has 0 radical (unpaired) electrons. The average Bonchev–Trinajstić information content (AvgIpc) is 2.60. The van der Waals surface area contributed by atoms with Crippen LogP contribution < -0.4 is 10.1 Å². The Morgan fingerprint density at radius 1 is 1.22 bits per heavy atom. The number of nitrogens with one attached hydrogen (secondary N) is 1. The third-order valence-electron chi connectivity index (χ3n) is 3.49. The summed E-state index contributed by atoms with van der Waals surface area (Å²) in [6, 6.07) is 7.16. The summed E-state index contributed by atoms with van der Waals surface area (Å²) in [6.07, 6.45) is 0. The van der Waals surface area contributed by atoms with Gasteiger partial charge in [0.15, 0.2) is 0 Å². The Bertz CT molecular complexity index is 934. The van der Waals surface area contributed by atoms with Gasteiger partial charge in [0, 0.05) is 12.1 Å². The normalized spacial score (nSPS) is 11.5. The molecule has 0 bridgehead atoms. The SMILES string of the molecule is CCOc1ccc(Cl)cc1S(=O)(=O)N(C)CC(=O)Nc1c(F)cccc1F. The van der Waals surface area contributed by atoms with Crippen LogP contribution in [-0.4, -0.2) is 38.8 Å². The molecule has 1 amide bonds. The van der Waals surface area contributed by atoms with Crippen molar-refractivity contribution in [3.8, 4) is 5.75 Å². The molecule has 0 aliphatic rings. The number of ether oxygens (including phenoxy) is 1. The Balaban J connectivity index is 2.23. The van der Waals surface area contributed by atoms with Crippen LogP contribution in [0.3, 0.4) is 0 Å². The van der Waals surface area contributed by atoms with Crippen LogP contribution >= 0.6 is 11.6 Å². The molecular weight excluding hydrogens is 402 g/mol. The molecular formula is C17H17ClF2N2O4S. The number of benzene rings is 2. The highest BCUT2D eigenvalue weighted by atomic mass is 35.5. The summed E-state index contributed by atoms with van der Waals surface area (Å²) in [5, 5.41) is 2.20. The van der Waals surface area contributed by atoms with Crippen LogP contribution in [0, 0.1) is 11.6 Å². The molecule has 0 aromatic heterocycles. The van der Waals surface area contributed by atoms with Crippen molar-refractivity contribution < 1.29 is 26.7 Å². The van der Waals surface area contributed by atoms with Gasteiger partial charge in [-0.05, 0) is 37.3 Å². The van der Waals surface area contributed by atoms with Crippen LogP contribution in [0.25, 0.3) is 0 Å². The number of likely N-dealkylation sites (N-methyl/N-ethyl adjacent to an activating group) is 1. The molecule has 0 saturated carbocycles. The number of halogens is 3. The van der Waals surface area contributed by atoms with Gasteiger partial charge in [0.05, 0.1) is 13.2 Å². The summed E-state index contributed by atoms with van der Waals surface area (Å²) in [4.78, 5) is 11.9. The first-order valence-electron chi connectivity index (χ1n) is 7.79. The minimum absolute atomic E-state index is 0.0781. The van der Waals surface area contributed by atoms with Crippen molar-refractivity contribution in [3.63, 3.8) is 0 Å². The monoisotopic (exact) mass is 418 g/mol. The van der Waals surface area contributed by atoms with E-state index in [0.717, 1.165) is 29.6 Å². The van der Waals surface area contributed by atoms with Crippen molar-refractivity contribution in [2.45, 2.75) is 11.8 Å². The second-order valence-corrected chi connectivity index (χ2v) is 7.88. The maximum absolute atomic E-state index is 13.6. The summed E-state index contributed by atoms with van der Waals surface area (Å²) < 4.78 is 58.8. The fourth-order valence-corrected chi connectivity index (χ4v) is 3.73. The fraction of sp³-hybridized carbons (Fsp3) is 0.235. The smallest absolute Gasteiger partial charge is 0.247 e. The second-order valence-electron chi connectivity index (χ2n) is 5.43. The van der Waals surface area contributed by atoms with Crippen molar-refractivity contribution in [2.75, 3.05) is 25.5 Å². The third-order valence-corrected chi connectivity index (χ3v) is 5.55. The number of para-hydroxylation sites is 1. The first-order valence-corrected chi connectivity index (χ1v) is 9.61. The van der Waals surface area contributed by atoms with Crippen LogP contribution in [0.2, 0.25) is 5.02 Å². The van der Waals surface area contributed by atoms with E-state index in [1.54, 1.807) is 6.92 Å². The van der Waals surface area contributed by atoms with Crippen LogP contribution in [0.5, 0.6) is 5.75 Å². The maximum atomic E-state index is 13.6. The average molecular weight is 419 g/mol. The van der Waals surface area contributed by atoms with Gasteiger partial charge in [-0.1, -0.05) is 17.7 Å². The summed E-state index contributed by atoms with van der Waals surface area (Å²) >= 11 is 5.87. The number of hydrogen-bond acceptors (Lipinski definition) is 4. The Kier molecular flexibility index (Phi) is 6.74. The predicted molar refractivity (Wildman–Crippen MR) is 97.4 cm³/mol. The van der Waals surface area contributed by atoms with E-state index < -0.39 is 39.8 Å². The van der Waals surface area contributed by atoms with Gasteiger partial charge in [0.2, 0.25) is 15.9 Å². The summed E-state index contributed by atoms with van der Waals surface area (Å²) in [5.41, 5.74) is -0.647. The lowest BCUT2D eigenvalue weighted by molar-refractivity contribution is -0.116. The third kappa shape index (κ3) is 4.94. The number of sulfonamides is 1. The molecule has 10 heteroatoms. The van der Waals surface area contributed by atoms with Gasteiger partial charge in [0.1, 0.15) is 28.0 Å². The Labute approximate surface area is 160 Å². The van der Waals surface area contributed by atoms with E-state index in [9.17, 15) is 22.0 Å². The molecule has 2 aromatic rings. The number of rotatable bonds is 7. The van der Waals surface area contributed by atoms with Crippen molar-refractivity contribution in [1.29, 1.82) is 0 Å². The number of amides is 1. The zero-order valence-corrected chi connectivity index (χ0v) is 16.1. The molecule has 0 saturated heterocycles. The summed E-state index contributed by atoms with van der Waals surface area (Å²) in [5.74, 6) is -2.77. The fourth-order valence-electron chi connectivity index (χ4n) is 2.21. The van der Waals surface area contributed by atoms with E-state index in [1.165, 1.54) is 18.2 Å². The first-order chi connectivity index (χ1) is 12.7. The van der Waals surface area contributed by atoms with Gasteiger partial charge in [-0.2, -0.15) is 4.31 Å². The predicted octanol–water partition coefficient (Wildman–Crippen LogP) is 3.28. The number of hydrogen-bond donors (Lipinski definition) is 1. The van der Waals surface area contributed by atoms with Gasteiger partial charge in [-0.25, -0.2) is 17.2 Å². The topological polar surface area (TPSA) is 75.7 Å². The lowest BCUT2D eigenvalue weighted by atomic mass is 10.3. The Morgan fingerprint density at radius 2 is 1.85 bits per heavy atom. The van der Waals surface area contributed by atoms with Gasteiger partial charge in [-0.15, -0.1) is 0 Å². The van der Waals surface area contributed by atoms with Crippen molar-refractivity contribution >= 4 is 33.2 Å². The van der Waals surface area contributed by atoms with Crippen LogP contribution in [-0.2, 0) is 14.8 Å². The van der Waals surface area contributed by atoms with Crippen molar-refractivity contribution in [1.82, 2.24) is 4.31 Å². The van der Waals surface area contributed by atoms with Gasteiger partial charge in [-0.3, -0.25) is 4.79 Å². The molecule has 6 nitrogen and oxygen atoms in total. The highest BCUT2D eigenvalue weighted by Gasteiger charge is 2.27. The highest BCUT2D eigenvalue weighted by molar-refractivity contribution is 7.89. The molecule has 0 fully saturated rings. The molecule has 1 N–H and O–H groups in total. The minimum Gasteiger partial charge on any atom is -0.492 e. The molecule has 0 spiro atoms. The molecule has 0 unspecified atom stereocenters. The van der Waals surface area contributed by atoms with Gasteiger partial charge >= 0.3 is 0 Å². The Hall–Kier alpha value is -2.23. The zero-order chi connectivity index (χ0) is 20.2. The highest BCUT2D eigenvalue weighted by Crippen LogP contribution is 2.29. The number of anilines is 1. The number of carbonyl (C=O) groups is 1. The quantitative estimate of drug-likeness (QED) is 0.748. The minimum atomic E-state index is -4.15. The first kappa shape index (κ1) is 21.1. The van der Waals surface area contributed by atoms with E-state index in [1.807, 2.05) is 5.32 Å². The molecule has 2 rings (SSSR count). The van der Waals surface area contributed by atoms with Crippen molar-refractivity contribution in [2.24, 2.45) is 0 Å². The van der Waals surface area contributed by atoms with E-state index in [2.05, 4.69) is 0 Å². The largest absolute Gasteiger partial charge is 0.492 e.